The zero-order valence-electron chi connectivity index (χ0n) is 35.2. The number of carbonyl (C=O) groups is 3. The van der Waals surface area contributed by atoms with E-state index in [2.05, 4.69) is 54.8 Å². The van der Waals surface area contributed by atoms with Crippen molar-refractivity contribution < 1.29 is 47.5 Å². The Balaban J connectivity index is 4.40. The van der Waals surface area contributed by atoms with Gasteiger partial charge in [0.05, 0.1) is 13.2 Å². The molecule has 326 valence electrons. The van der Waals surface area contributed by atoms with Crippen molar-refractivity contribution in [2.45, 2.75) is 206 Å². The number of nitrogens with two attached hydrogens (primary N) is 1. The highest BCUT2D eigenvalue weighted by Gasteiger charge is 2.28. The number of esters is 2. The summed E-state index contributed by atoms with van der Waals surface area (Å²) in [5.41, 5.74) is 5.33. The molecule has 3 atom stereocenters. The Morgan fingerprint density at radius 3 is 1.45 bits per heavy atom. The maximum atomic E-state index is 12.6. The maximum Gasteiger partial charge on any atom is 0.472 e. The molecule has 11 nitrogen and oxygen atoms in total. The van der Waals surface area contributed by atoms with Gasteiger partial charge >= 0.3 is 25.7 Å². The first-order valence-corrected chi connectivity index (χ1v) is 23.5. The SMILES string of the molecule is CCCCCCCC/C=C/C/C=C/CCCCC(=O)O[C@H](COC(=O)CCCCCCCCC/C=C/CCCCCCCC)COP(=O)(O)OC[C@H](N)C(=O)O. The van der Waals surface area contributed by atoms with Crippen LogP contribution in [0.1, 0.15) is 194 Å². The van der Waals surface area contributed by atoms with E-state index < -0.39 is 51.1 Å². The molecule has 0 bridgehead atoms. The van der Waals surface area contributed by atoms with Crippen molar-refractivity contribution in [2.24, 2.45) is 5.73 Å². The Kier molecular flexibility index (Phi) is 37.9. The first-order valence-electron chi connectivity index (χ1n) is 22.0. The summed E-state index contributed by atoms with van der Waals surface area (Å²) in [6.45, 7) is 2.76. The highest BCUT2D eigenvalue weighted by molar-refractivity contribution is 7.47. The first-order chi connectivity index (χ1) is 27.1. The maximum absolute atomic E-state index is 12.6. The second kappa shape index (κ2) is 39.5. The molecule has 12 heteroatoms. The molecule has 0 amide bonds. The fourth-order valence-electron chi connectivity index (χ4n) is 5.85. The fraction of sp³-hybridized carbons (Fsp3) is 0.795. The summed E-state index contributed by atoms with van der Waals surface area (Å²) in [6, 6.07) is -1.53. The van der Waals surface area contributed by atoms with Crippen LogP contribution in [0.3, 0.4) is 0 Å². The van der Waals surface area contributed by atoms with E-state index in [-0.39, 0.29) is 19.4 Å². The summed E-state index contributed by atoms with van der Waals surface area (Å²) >= 11 is 0. The molecule has 0 aliphatic heterocycles. The van der Waals surface area contributed by atoms with Gasteiger partial charge in [0.15, 0.2) is 6.10 Å². The summed E-state index contributed by atoms with van der Waals surface area (Å²) in [5, 5.41) is 8.88. The van der Waals surface area contributed by atoms with Crippen LogP contribution >= 0.6 is 7.82 Å². The van der Waals surface area contributed by atoms with Crippen molar-refractivity contribution >= 4 is 25.7 Å². The Morgan fingerprint density at radius 2 is 0.946 bits per heavy atom. The van der Waals surface area contributed by atoms with Crippen LogP contribution in [0.25, 0.3) is 0 Å². The summed E-state index contributed by atoms with van der Waals surface area (Å²) < 4.78 is 32.6. The van der Waals surface area contributed by atoms with Crippen LogP contribution in [0.5, 0.6) is 0 Å². The van der Waals surface area contributed by atoms with E-state index in [9.17, 15) is 23.8 Å². The van der Waals surface area contributed by atoms with Gasteiger partial charge in [0.2, 0.25) is 0 Å². The van der Waals surface area contributed by atoms with Crippen LogP contribution in [-0.4, -0.2) is 59.9 Å². The number of phosphoric ester groups is 1. The quantitative estimate of drug-likeness (QED) is 0.0232. The van der Waals surface area contributed by atoms with E-state index in [1.807, 2.05) is 0 Å². The minimum atomic E-state index is -4.72. The van der Waals surface area contributed by atoms with Gasteiger partial charge < -0.3 is 25.2 Å². The van der Waals surface area contributed by atoms with Gasteiger partial charge in [0, 0.05) is 12.8 Å². The highest BCUT2D eigenvalue weighted by atomic mass is 31.2. The topological polar surface area (TPSA) is 172 Å². The van der Waals surface area contributed by atoms with Gasteiger partial charge in [-0.25, -0.2) is 4.57 Å². The largest absolute Gasteiger partial charge is 0.480 e. The Bertz CT molecular complexity index is 1100. The minimum Gasteiger partial charge on any atom is -0.480 e. The molecule has 0 saturated heterocycles. The number of ether oxygens (including phenoxy) is 2. The van der Waals surface area contributed by atoms with Gasteiger partial charge in [-0.05, 0) is 70.6 Å². The summed E-state index contributed by atoms with van der Waals surface area (Å²) in [7, 11) is -4.72. The second-order valence-electron chi connectivity index (χ2n) is 14.8. The number of aliphatic carboxylic acids is 1. The number of phosphoric acid groups is 1. The highest BCUT2D eigenvalue weighted by Crippen LogP contribution is 2.43. The molecule has 0 radical (unpaired) electrons. The van der Waals surface area contributed by atoms with E-state index in [4.69, 9.17) is 24.8 Å². The molecular weight excluding hydrogens is 733 g/mol. The van der Waals surface area contributed by atoms with Crippen molar-refractivity contribution in [3.8, 4) is 0 Å². The van der Waals surface area contributed by atoms with E-state index in [0.717, 1.165) is 51.4 Å². The molecule has 0 saturated carbocycles. The first kappa shape index (κ1) is 53.7. The molecule has 0 aromatic carbocycles. The molecule has 0 heterocycles. The normalized spacial score (nSPS) is 14.1. The molecule has 0 aliphatic rings. The van der Waals surface area contributed by atoms with Crippen LogP contribution in [-0.2, 0) is 37.5 Å². The molecular formula is C44H80NO10P. The van der Waals surface area contributed by atoms with Gasteiger partial charge in [0.25, 0.3) is 0 Å². The fourth-order valence-corrected chi connectivity index (χ4v) is 6.63. The minimum absolute atomic E-state index is 0.118. The van der Waals surface area contributed by atoms with Gasteiger partial charge in [0.1, 0.15) is 12.6 Å². The number of rotatable bonds is 41. The zero-order chi connectivity index (χ0) is 41.4. The summed E-state index contributed by atoms with van der Waals surface area (Å²) in [4.78, 5) is 45.9. The smallest absolute Gasteiger partial charge is 0.472 e. The lowest BCUT2D eigenvalue weighted by atomic mass is 10.1. The monoisotopic (exact) mass is 814 g/mol. The summed E-state index contributed by atoms with van der Waals surface area (Å²) in [6.07, 6.45) is 42.1. The van der Waals surface area contributed by atoms with Gasteiger partial charge in [-0.15, -0.1) is 0 Å². The molecule has 56 heavy (non-hydrogen) atoms. The lowest BCUT2D eigenvalue weighted by Crippen LogP contribution is -2.34. The molecule has 0 aromatic rings. The number of carboxylic acids is 1. The molecule has 4 N–H and O–H groups in total. The van der Waals surface area contributed by atoms with Gasteiger partial charge in [-0.3, -0.25) is 23.4 Å². The summed E-state index contributed by atoms with van der Waals surface area (Å²) in [5.74, 6) is -2.42. The second-order valence-corrected chi connectivity index (χ2v) is 16.3. The number of carboxylic acid groups (broad SMARTS) is 1. The third kappa shape index (κ3) is 38.6. The predicted molar refractivity (Wildman–Crippen MR) is 226 cm³/mol. The van der Waals surface area contributed by atoms with Crippen LogP contribution < -0.4 is 5.73 Å². The number of hydrogen-bond acceptors (Lipinski definition) is 9. The van der Waals surface area contributed by atoms with E-state index >= 15 is 0 Å². The average Bonchev–Trinajstić information content (AvgIpc) is 3.17. The van der Waals surface area contributed by atoms with E-state index in [0.29, 0.717) is 12.8 Å². The lowest BCUT2D eigenvalue weighted by Gasteiger charge is -2.20. The van der Waals surface area contributed by atoms with Crippen molar-refractivity contribution in [3.63, 3.8) is 0 Å². The van der Waals surface area contributed by atoms with E-state index in [1.54, 1.807) is 0 Å². The standard InChI is InChI=1S/C44H80NO10P/c1-3-5-7-9-11-13-15-17-19-20-22-23-25-27-29-31-33-35-42(46)52-37-40(38-53-56(50,51)54-39-41(45)44(48)49)55-43(47)36-34-32-30-28-26-24-21-18-16-14-12-10-8-6-4-2/h17-19,21,26,28,40-41H,3-16,20,22-25,27,29-39,45H2,1-2H3,(H,48,49)(H,50,51)/b19-17+,21-18+,28-26+/t40-,41+/m1/s1. The van der Waals surface area contributed by atoms with Crippen LogP contribution in [0.15, 0.2) is 36.5 Å². The lowest BCUT2D eigenvalue weighted by molar-refractivity contribution is -0.161. The Labute approximate surface area is 340 Å². The van der Waals surface area contributed by atoms with Gasteiger partial charge in [-0.2, -0.15) is 0 Å². The predicted octanol–water partition coefficient (Wildman–Crippen LogP) is 11.6. The Morgan fingerprint density at radius 1 is 0.554 bits per heavy atom. The van der Waals surface area contributed by atoms with Crippen LogP contribution in [0, 0.1) is 0 Å². The Hall–Kier alpha value is -2.30. The van der Waals surface area contributed by atoms with Gasteiger partial charge in [-0.1, -0.05) is 147 Å². The number of unbranched alkanes of at least 4 members (excludes halogenated alkanes) is 21. The average molecular weight is 814 g/mol. The van der Waals surface area contributed by atoms with Crippen molar-refractivity contribution in [1.82, 2.24) is 0 Å². The third-order valence-corrected chi connectivity index (χ3v) is 10.3. The molecule has 0 rings (SSSR count). The van der Waals surface area contributed by atoms with Crippen molar-refractivity contribution in [1.29, 1.82) is 0 Å². The third-order valence-electron chi connectivity index (χ3n) is 9.36. The molecule has 0 spiro atoms. The number of allylic oxidation sites excluding steroid dienone is 6. The molecule has 0 aliphatic carbocycles. The van der Waals surface area contributed by atoms with Crippen LogP contribution in [0.2, 0.25) is 0 Å². The van der Waals surface area contributed by atoms with Crippen molar-refractivity contribution in [3.05, 3.63) is 36.5 Å². The zero-order valence-corrected chi connectivity index (χ0v) is 36.1. The van der Waals surface area contributed by atoms with Crippen LogP contribution in [0.4, 0.5) is 0 Å². The number of carbonyl (C=O) groups excluding carboxylic acids is 2. The molecule has 0 fully saturated rings. The molecule has 0 aromatic heterocycles. The van der Waals surface area contributed by atoms with E-state index in [1.165, 1.54) is 103 Å². The van der Waals surface area contributed by atoms with Crippen molar-refractivity contribution in [2.75, 3.05) is 19.8 Å². The number of hydrogen-bond donors (Lipinski definition) is 3. The molecule has 1 unspecified atom stereocenters.